The fourth-order valence-corrected chi connectivity index (χ4v) is 2.20. The fraction of sp³-hybridized carbons (Fsp3) is 0.0833. The highest BCUT2D eigenvalue weighted by Gasteiger charge is 2.09. The highest BCUT2D eigenvalue weighted by Crippen LogP contribution is 2.23. The highest BCUT2D eigenvalue weighted by molar-refractivity contribution is 7.07. The number of hydrogen-bond donors (Lipinski definition) is 3. The molecule has 1 aromatic carbocycles. The molecule has 0 aliphatic heterocycles. The smallest absolute Gasteiger partial charge is 0.335 e. The third kappa shape index (κ3) is 3.69. The van der Waals surface area contributed by atoms with Gasteiger partial charge in [0.25, 0.3) is 0 Å². The Balaban J connectivity index is 1.95. The van der Waals surface area contributed by atoms with Crippen molar-refractivity contribution in [3.05, 3.63) is 45.4 Å². The average Bonchev–Trinajstić information content (AvgIpc) is 2.91. The van der Waals surface area contributed by atoms with Gasteiger partial charge in [0.15, 0.2) is 0 Å². The molecule has 0 spiro atoms. The second kappa shape index (κ2) is 6.36. The van der Waals surface area contributed by atoms with Gasteiger partial charge < -0.3 is 15.7 Å². The van der Waals surface area contributed by atoms with Crippen molar-refractivity contribution < 1.29 is 14.7 Å². The number of carbonyl (C=O) groups excluding carboxylic acids is 1. The highest BCUT2D eigenvalue weighted by atomic mass is 35.5. The summed E-state index contributed by atoms with van der Waals surface area (Å²) in [7, 11) is 0. The lowest BCUT2D eigenvalue weighted by Crippen LogP contribution is -2.28. The van der Waals surface area contributed by atoms with Gasteiger partial charge in [-0.2, -0.15) is 0 Å². The monoisotopic (exact) mass is 311 g/mol. The number of aromatic nitrogens is 1. The van der Waals surface area contributed by atoms with Gasteiger partial charge in [-0.25, -0.2) is 14.6 Å². The van der Waals surface area contributed by atoms with Crippen molar-refractivity contribution in [1.82, 2.24) is 10.3 Å². The fourth-order valence-electron chi connectivity index (χ4n) is 1.41. The molecule has 0 aliphatic carbocycles. The summed E-state index contributed by atoms with van der Waals surface area (Å²) in [4.78, 5) is 26.4. The normalized spacial score (nSPS) is 10.1. The van der Waals surface area contributed by atoms with E-state index in [2.05, 4.69) is 15.6 Å². The molecule has 0 atom stereocenters. The maximum Gasteiger partial charge on any atom is 0.335 e. The zero-order valence-electron chi connectivity index (χ0n) is 10.1. The molecule has 0 saturated carbocycles. The number of amides is 2. The van der Waals surface area contributed by atoms with E-state index in [1.807, 2.05) is 5.38 Å². The van der Waals surface area contributed by atoms with Gasteiger partial charge >= 0.3 is 12.0 Å². The summed E-state index contributed by atoms with van der Waals surface area (Å²) in [6, 6.07) is 3.64. The third-order valence-corrected chi connectivity index (χ3v) is 3.33. The summed E-state index contributed by atoms with van der Waals surface area (Å²) in [5.41, 5.74) is 2.84. The minimum atomic E-state index is -1.08. The number of nitrogens with one attached hydrogen (secondary N) is 2. The van der Waals surface area contributed by atoms with E-state index in [0.717, 1.165) is 5.69 Å². The molecule has 2 amide bonds. The second-order valence-electron chi connectivity index (χ2n) is 3.79. The summed E-state index contributed by atoms with van der Waals surface area (Å²) in [6.45, 7) is 0.306. The first kappa shape index (κ1) is 14.3. The first-order valence-corrected chi connectivity index (χ1v) is 6.83. The van der Waals surface area contributed by atoms with Gasteiger partial charge in [0.2, 0.25) is 0 Å². The molecule has 0 bridgehead atoms. The molecule has 6 nitrogen and oxygen atoms in total. The predicted octanol–water partition coefficient (Wildman–Crippen LogP) is 2.82. The molecule has 0 radical (unpaired) electrons. The average molecular weight is 312 g/mol. The molecule has 3 N–H and O–H groups in total. The summed E-state index contributed by atoms with van der Waals surface area (Å²) >= 11 is 7.34. The summed E-state index contributed by atoms with van der Waals surface area (Å²) in [5, 5.41) is 16.0. The van der Waals surface area contributed by atoms with Crippen LogP contribution >= 0.6 is 22.9 Å². The molecule has 8 heteroatoms. The molecule has 2 aromatic rings. The Kier molecular flexibility index (Phi) is 4.54. The number of urea groups is 1. The van der Waals surface area contributed by atoms with Gasteiger partial charge in [-0.05, 0) is 18.2 Å². The van der Waals surface area contributed by atoms with Crippen LogP contribution in [-0.2, 0) is 6.54 Å². The summed E-state index contributed by atoms with van der Waals surface area (Å²) in [5.74, 6) is -1.08. The van der Waals surface area contributed by atoms with E-state index in [4.69, 9.17) is 16.7 Å². The van der Waals surface area contributed by atoms with Crippen molar-refractivity contribution in [2.75, 3.05) is 5.32 Å². The van der Waals surface area contributed by atoms with Crippen LogP contribution in [0.5, 0.6) is 0 Å². The maximum atomic E-state index is 11.7. The number of thiazole rings is 1. The van der Waals surface area contributed by atoms with Crippen molar-refractivity contribution >= 4 is 40.6 Å². The van der Waals surface area contributed by atoms with Gasteiger partial charge in [-0.15, -0.1) is 11.3 Å². The van der Waals surface area contributed by atoms with Crippen LogP contribution in [0.15, 0.2) is 29.1 Å². The van der Waals surface area contributed by atoms with Gasteiger partial charge in [0.1, 0.15) is 0 Å². The van der Waals surface area contributed by atoms with Gasteiger partial charge in [-0.3, -0.25) is 0 Å². The molecule has 104 valence electrons. The van der Waals surface area contributed by atoms with Crippen LogP contribution in [0.2, 0.25) is 5.02 Å². The molecule has 1 aromatic heterocycles. The van der Waals surface area contributed by atoms with Crippen molar-refractivity contribution in [2.24, 2.45) is 0 Å². The number of nitrogens with zero attached hydrogens (tertiary/aromatic N) is 1. The number of rotatable bonds is 4. The molecular formula is C12H10ClN3O3S. The molecule has 2 rings (SSSR count). The Labute approximate surface area is 123 Å². The number of carboxylic acids is 1. The Morgan fingerprint density at radius 3 is 2.80 bits per heavy atom. The molecule has 1 heterocycles. The lowest BCUT2D eigenvalue weighted by atomic mass is 10.2. The van der Waals surface area contributed by atoms with E-state index in [9.17, 15) is 9.59 Å². The van der Waals surface area contributed by atoms with Crippen molar-refractivity contribution in [3.8, 4) is 0 Å². The molecule has 0 aliphatic rings. The van der Waals surface area contributed by atoms with Crippen LogP contribution in [0.4, 0.5) is 10.5 Å². The summed E-state index contributed by atoms with van der Waals surface area (Å²) < 4.78 is 0. The number of aromatic carboxylic acids is 1. The van der Waals surface area contributed by atoms with E-state index in [-0.39, 0.29) is 10.6 Å². The zero-order valence-corrected chi connectivity index (χ0v) is 11.7. The number of halogens is 1. The number of hydrogen-bond acceptors (Lipinski definition) is 4. The quantitative estimate of drug-likeness (QED) is 0.809. The Morgan fingerprint density at radius 2 is 2.20 bits per heavy atom. The number of carboxylic acid groups (broad SMARTS) is 1. The Hall–Kier alpha value is -2.12. The molecule has 20 heavy (non-hydrogen) atoms. The minimum absolute atomic E-state index is 0.0587. The van der Waals surface area contributed by atoms with E-state index < -0.39 is 12.0 Å². The van der Waals surface area contributed by atoms with Crippen LogP contribution < -0.4 is 10.6 Å². The standard InChI is InChI=1S/C12H10ClN3O3S/c13-9-3-7(11(17)18)1-2-10(9)16-12(19)14-4-8-5-20-6-15-8/h1-3,5-6H,4H2,(H,17,18)(H2,14,16,19). The predicted molar refractivity (Wildman–Crippen MR) is 76.4 cm³/mol. The van der Waals surface area contributed by atoms with E-state index in [1.54, 1.807) is 5.51 Å². The van der Waals surface area contributed by atoms with Gasteiger partial charge in [0, 0.05) is 5.38 Å². The van der Waals surface area contributed by atoms with Crippen molar-refractivity contribution in [3.63, 3.8) is 0 Å². The van der Waals surface area contributed by atoms with Crippen molar-refractivity contribution in [1.29, 1.82) is 0 Å². The SMILES string of the molecule is O=C(NCc1cscn1)Nc1ccc(C(=O)O)cc1Cl. The Morgan fingerprint density at radius 1 is 1.40 bits per heavy atom. The van der Waals surface area contributed by atoms with Gasteiger partial charge in [-0.1, -0.05) is 11.6 Å². The topological polar surface area (TPSA) is 91.3 Å². The third-order valence-electron chi connectivity index (χ3n) is 2.38. The Bertz CT molecular complexity index is 631. The zero-order chi connectivity index (χ0) is 14.5. The minimum Gasteiger partial charge on any atom is -0.478 e. The van der Waals surface area contributed by atoms with Crippen LogP contribution in [0.1, 0.15) is 16.1 Å². The largest absolute Gasteiger partial charge is 0.478 e. The van der Waals surface area contributed by atoms with Crippen LogP contribution in [0, 0.1) is 0 Å². The lowest BCUT2D eigenvalue weighted by Gasteiger charge is -2.08. The van der Waals surface area contributed by atoms with Crippen LogP contribution in [0.25, 0.3) is 0 Å². The first-order chi connectivity index (χ1) is 9.56. The number of benzene rings is 1. The number of carbonyl (C=O) groups is 2. The lowest BCUT2D eigenvalue weighted by molar-refractivity contribution is 0.0697. The molecule has 0 saturated heterocycles. The van der Waals surface area contributed by atoms with Crippen LogP contribution in [-0.4, -0.2) is 22.1 Å². The summed E-state index contributed by atoms with van der Waals surface area (Å²) in [6.07, 6.45) is 0. The maximum absolute atomic E-state index is 11.7. The van der Waals surface area contributed by atoms with Crippen molar-refractivity contribution in [2.45, 2.75) is 6.54 Å². The first-order valence-electron chi connectivity index (χ1n) is 5.51. The molecule has 0 fully saturated rings. The van der Waals surface area contributed by atoms with E-state index in [1.165, 1.54) is 29.5 Å². The van der Waals surface area contributed by atoms with Gasteiger partial charge in [0.05, 0.1) is 34.0 Å². The molecule has 0 unspecified atom stereocenters. The molecular weight excluding hydrogens is 302 g/mol. The van der Waals surface area contributed by atoms with Crippen LogP contribution in [0.3, 0.4) is 0 Å². The second-order valence-corrected chi connectivity index (χ2v) is 4.91. The number of anilines is 1. The van der Waals surface area contributed by atoms with E-state index in [0.29, 0.717) is 12.2 Å². The van der Waals surface area contributed by atoms with E-state index >= 15 is 0 Å².